The molecule has 0 bridgehead atoms. The first-order valence-electron chi connectivity index (χ1n) is 6.62. The summed E-state index contributed by atoms with van der Waals surface area (Å²) < 4.78 is 11.0. The van der Waals surface area contributed by atoms with Gasteiger partial charge in [-0.3, -0.25) is 4.79 Å². The average Bonchev–Trinajstić information content (AvgIpc) is 2.54. The number of rotatable bonds is 3. The summed E-state index contributed by atoms with van der Waals surface area (Å²) in [5, 5.41) is 0.520. The summed E-state index contributed by atoms with van der Waals surface area (Å²) in [6.07, 6.45) is 3.64. The fourth-order valence-electron chi connectivity index (χ4n) is 2.18. The summed E-state index contributed by atoms with van der Waals surface area (Å²) in [6, 6.07) is 16.9. The molecule has 0 radical (unpaired) electrons. The lowest BCUT2D eigenvalue weighted by Gasteiger charge is -2.05. The van der Waals surface area contributed by atoms with Crippen molar-refractivity contribution < 1.29 is 9.15 Å². The molecular formula is C18H14O3. The van der Waals surface area contributed by atoms with Gasteiger partial charge in [-0.2, -0.15) is 0 Å². The molecule has 0 aliphatic heterocycles. The molecule has 0 unspecified atom stereocenters. The van der Waals surface area contributed by atoms with Gasteiger partial charge < -0.3 is 9.15 Å². The van der Waals surface area contributed by atoms with Crippen molar-refractivity contribution in [2.75, 3.05) is 7.11 Å². The third-order valence-corrected chi connectivity index (χ3v) is 3.21. The summed E-state index contributed by atoms with van der Waals surface area (Å²) in [6.45, 7) is 0. The van der Waals surface area contributed by atoms with Gasteiger partial charge in [-0.1, -0.05) is 48.5 Å². The number of para-hydroxylation sites is 1. The molecule has 21 heavy (non-hydrogen) atoms. The van der Waals surface area contributed by atoms with Gasteiger partial charge in [0.05, 0.1) is 12.5 Å². The van der Waals surface area contributed by atoms with E-state index in [-0.39, 0.29) is 11.2 Å². The molecule has 104 valence electrons. The summed E-state index contributed by atoms with van der Waals surface area (Å²) in [7, 11) is 1.47. The Morgan fingerprint density at radius 2 is 1.67 bits per heavy atom. The Hall–Kier alpha value is -2.81. The molecular weight excluding hydrogens is 264 g/mol. The lowest BCUT2D eigenvalue weighted by Crippen LogP contribution is -2.07. The van der Waals surface area contributed by atoms with E-state index in [2.05, 4.69) is 0 Å². The van der Waals surface area contributed by atoms with Gasteiger partial charge in [0.25, 0.3) is 0 Å². The van der Waals surface area contributed by atoms with Gasteiger partial charge in [0.2, 0.25) is 11.2 Å². The second-order valence-corrected chi connectivity index (χ2v) is 4.57. The molecule has 3 rings (SSSR count). The van der Waals surface area contributed by atoms with E-state index in [1.807, 2.05) is 42.5 Å². The molecule has 1 aromatic heterocycles. The van der Waals surface area contributed by atoms with Crippen LogP contribution >= 0.6 is 0 Å². The zero-order valence-corrected chi connectivity index (χ0v) is 11.6. The van der Waals surface area contributed by atoms with E-state index in [1.54, 1.807) is 24.3 Å². The SMILES string of the molecule is COc1c(C=Cc2ccccc2)oc2ccccc2c1=O. The molecule has 0 aliphatic rings. The third-order valence-electron chi connectivity index (χ3n) is 3.21. The topological polar surface area (TPSA) is 39.4 Å². The van der Waals surface area contributed by atoms with Crippen LogP contribution in [0.2, 0.25) is 0 Å². The highest BCUT2D eigenvalue weighted by molar-refractivity contribution is 5.81. The van der Waals surface area contributed by atoms with Crippen LogP contribution in [0.5, 0.6) is 5.75 Å². The van der Waals surface area contributed by atoms with Gasteiger partial charge in [0.1, 0.15) is 5.58 Å². The maximum Gasteiger partial charge on any atom is 0.235 e. The minimum Gasteiger partial charge on any atom is -0.490 e. The van der Waals surface area contributed by atoms with E-state index in [0.717, 1.165) is 5.56 Å². The van der Waals surface area contributed by atoms with E-state index >= 15 is 0 Å². The Morgan fingerprint density at radius 1 is 0.952 bits per heavy atom. The second kappa shape index (κ2) is 5.67. The van der Waals surface area contributed by atoms with E-state index in [0.29, 0.717) is 16.7 Å². The van der Waals surface area contributed by atoms with Crippen LogP contribution in [0.15, 0.2) is 63.8 Å². The highest BCUT2D eigenvalue weighted by Gasteiger charge is 2.12. The molecule has 0 aliphatic carbocycles. The van der Waals surface area contributed by atoms with E-state index in [9.17, 15) is 4.79 Å². The molecule has 0 amide bonds. The van der Waals surface area contributed by atoms with Gasteiger partial charge in [0.15, 0.2) is 5.76 Å². The van der Waals surface area contributed by atoms with E-state index in [4.69, 9.17) is 9.15 Å². The van der Waals surface area contributed by atoms with Gasteiger partial charge >= 0.3 is 0 Å². The first kappa shape index (κ1) is 13.2. The predicted octanol–water partition coefficient (Wildman–Crippen LogP) is 3.97. The zero-order valence-electron chi connectivity index (χ0n) is 11.6. The summed E-state index contributed by atoms with van der Waals surface area (Å²) >= 11 is 0. The molecule has 3 aromatic rings. The Kier molecular flexibility index (Phi) is 3.56. The minimum absolute atomic E-state index is 0.160. The molecule has 1 heterocycles. The fourth-order valence-corrected chi connectivity index (χ4v) is 2.18. The van der Waals surface area contributed by atoms with Crippen LogP contribution in [0.4, 0.5) is 0 Å². The monoisotopic (exact) mass is 278 g/mol. The van der Waals surface area contributed by atoms with Gasteiger partial charge in [-0.15, -0.1) is 0 Å². The van der Waals surface area contributed by atoms with Crippen LogP contribution in [-0.4, -0.2) is 7.11 Å². The van der Waals surface area contributed by atoms with Gasteiger partial charge in [-0.25, -0.2) is 0 Å². The molecule has 3 heteroatoms. The first-order valence-corrected chi connectivity index (χ1v) is 6.62. The Labute approximate surface area is 122 Å². The van der Waals surface area contributed by atoms with Crippen molar-refractivity contribution in [1.82, 2.24) is 0 Å². The fraction of sp³-hybridized carbons (Fsp3) is 0.0556. The summed E-state index contributed by atoms with van der Waals surface area (Å²) in [4.78, 5) is 12.4. The zero-order chi connectivity index (χ0) is 14.7. The third kappa shape index (κ3) is 2.58. The summed E-state index contributed by atoms with van der Waals surface area (Å²) in [5.41, 5.74) is 1.42. The van der Waals surface area contributed by atoms with E-state index < -0.39 is 0 Å². The smallest absolute Gasteiger partial charge is 0.235 e. The molecule has 0 saturated carbocycles. The number of hydrogen-bond donors (Lipinski definition) is 0. The molecule has 3 nitrogen and oxygen atoms in total. The standard InChI is InChI=1S/C18H14O3/c1-20-18-16(12-11-13-7-3-2-4-8-13)21-15-10-6-5-9-14(15)17(18)19/h2-12H,1H3. The molecule has 0 saturated heterocycles. The van der Waals surface area contributed by atoms with Crippen LogP contribution in [0.25, 0.3) is 23.1 Å². The van der Waals surface area contributed by atoms with Crippen molar-refractivity contribution in [3.8, 4) is 5.75 Å². The van der Waals surface area contributed by atoms with Crippen LogP contribution in [-0.2, 0) is 0 Å². The van der Waals surface area contributed by atoms with Crippen LogP contribution in [0.1, 0.15) is 11.3 Å². The first-order chi connectivity index (χ1) is 10.3. The second-order valence-electron chi connectivity index (χ2n) is 4.57. The van der Waals surface area contributed by atoms with Crippen molar-refractivity contribution in [3.63, 3.8) is 0 Å². The number of benzene rings is 2. The van der Waals surface area contributed by atoms with Crippen molar-refractivity contribution in [3.05, 3.63) is 76.1 Å². The molecule has 0 N–H and O–H groups in total. The Bertz CT molecular complexity index is 845. The van der Waals surface area contributed by atoms with Crippen molar-refractivity contribution in [2.24, 2.45) is 0 Å². The number of hydrogen-bond acceptors (Lipinski definition) is 3. The molecule has 0 atom stereocenters. The minimum atomic E-state index is -0.160. The maximum atomic E-state index is 12.4. The van der Waals surface area contributed by atoms with Crippen LogP contribution in [0, 0.1) is 0 Å². The average molecular weight is 278 g/mol. The number of ether oxygens (including phenoxy) is 1. The van der Waals surface area contributed by atoms with Crippen LogP contribution in [0.3, 0.4) is 0 Å². The Morgan fingerprint density at radius 3 is 2.43 bits per heavy atom. The van der Waals surface area contributed by atoms with E-state index in [1.165, 1.54) is 7.11 Å². The lowest BCUT2D eigenvalue weighted by molar-refractivity contribution is 0.391. The van der Waals surface area contributed by atoms with Gasteiger partial charge in [-0.05, 0) is 23.8 Å². The number of methoxy groups -OCH3 is 1. The number of fused-ring (bicyclic) bond motifs is 1. The van der Waals surface area contributed by atoms with Crippen LogP contribution < -0.4 is 10.2 Å². The van der Waals surface area contributed by atoms with Crippen molar-refractivity contribution >= 4 is 23.1 Å². The Balaban J connectivity index is 2.14. The largest absolute Gasteiger partial charge is 0.490 e. The lowest BCUT2D eigenvalue weighted by atomic mass is 10.1. The highest BCUT2D eigenvalue weighted by atomic mass is 16.5. The predicted molar refractivity (Wildman–Crippen MR) is 84.4 cm³/mol. The normalized spacial score (nSPS) is 11.1. The molecule has 0 fully saturated rings. The van der Waals surface area contributed by atoms with Gasteiger partial charge in [0, 0.05) is 0 Å². The maximum absolute atomic E-state index is 12.4. The summed E-state index contributed by atoms with van der Waals surface area (Å²) in [5.74, 6) is 0.644. The molecule has 2 aromatic carbocycles. The highest BCUT2D eigenvalue weighted by Crippen LogP contribution is 2.22. The molecule has 0 spiro atoms. The van der Waals surface area contributed by atoms with Crippen molar-refractivity contribution in [1.29, 1.82) is 0 Å². The van der Waals surface area contributed by atoms with Crippen molar-refractivity contribution in [2.45, 2.75) is 0 Å². The quantitative estimate of drug-likeness (QED) is 0.727.